The first-order valence-corrected chi connectivity index (χ1v) is 10.0. The van der Waals surface area contributed by atoms with Crippen LogP contribution in [0.1, 0.15) is 6.42 Å². The molecule has 2 heterocycles. The molecule has 0 atom stereocenters. The van der Waals surface area contributed by atoms with E-state index in [1.807, 2.05) is 41.8 Å². The van der Waals surface area contributed by atoms with Crippen molar-refractivity contribution in [1.82, 2.24) is 14.9 Å². The van der Waals surface area contributed by atoms with Gasteiger partial charge in [-0.1, -0.05) is 30.0 Å². The molecule has 0 aliphatic rings. The summed E-state index contributed by atoms with van der Waals surface area (Å²) < 4.78 is 7.14. The van der Waals surface area contributed by atoms with Gasteiger partial charge in [-0.05, 0) is 30.0 Å². The van der Waals surface area contributed by atoms with Crippen molar-refractivity contribution in [3.8, 4) is 5.69 Å². The zero-order chi connectivity index (χ0) is 18.4. The van der Waals surface area contributed by atoms with E-state index in [2.05, 4.69) is 10.3 Å². The van der Waals surface area contributed by atoms with Gasteiger partial charge in [0.2, 0.25) is 5.91 Å². The van der Waals surface area contributed by atoms with Crippen molar-refractivity contribution in [2.24, 2.45) is 0 Å². The van der Waals surface area contributed by atoms with Gasteiger partial charge in [0.15, 0.2) is 5.16 Å². The number of hydrogen-bond acceptors (Lipinski definition) is 6. The number of nitrogens with zero attached hydrogens (tertiary/aromatic N) is 2. The first-order valence-electron chi connectivity index (χ1n) is 8.15. The van der Waals surface area contributed by atoms with E-state index in [0.29, 0.717) is 28.5 Å². The maximum Gasteiger partial charge on any atom is 0.276 e. The predicted octanol–water partition coefficient (Wildman–Crippen LogP) is 2.69. The van der Waals surface area contributed by atoms with E-state index >= 15 is 0 Å². The number of ether oxygens (including phenoxy) is 1. The van der Waals surface area contributed by atoms with E-state index in [1.54, 1.807) is 11.7 Å². The normalized spacial score (nSPS) is 11.0. The summed E-state index contributed by atoms with van der Waals surface area (Å²) in [7, 11) is 1.63. The average molecular weight is 390 g/mol. The van der Waals surface area contributed by atoms with E-state index in [1.165, 1.54) is 23.1 Å². The summed E-state index contributed by atoms with van der Waals surface area (Å²) in [6.45, 7) is 1.17. The molecule has 0 fully saturated rings. The SMILES string of the molecule is COCCCNC(=O)CSc1nc2ccsc2c(=O)n1-c1ccccc1. The standard InChI is InChI=1S/C18H19N3O3S2/c1-24-10-5-9-19-15(22)12-26-18-20-14-8-11-25-16(14)17(23)21(18)13-6-3-2-4-7-13/h2-4,6-8,11H,5,9-10,12H2,1H3,(H,19,22). The number of carbonyl (C=O) groups excluding carboxylic acids is 1. The first kappa shape index (κ1) is 18.6. The van der Waals surface area contributed by atoms with Gasteiger partial charge >= 0.3 is 0 Å². The Morgan fingerprint density at radius 1 is 1.31 bits per heavy atom. The van der Waals surface area contributed by atoms with Crippen molar-refractivity contribution in [1.29, 1.82) is 0 Å². The first-order chi connectivity index (χ1) is 12.7. The minimum atomic E-state index is -0.112. The third-order valence-corrected chi connectivity index (χ3v) is 5.47. The van der Waals surface area contributed by atoms with Crippen LogP contribution in [0.25, 0.3) is 15.9 Å². The largest absolute Gasteiger partial charge is 0.385 e. The number of carbonyl (C=O) groups is 1. The minimum absolute atomic E-state index is 0.0922. The van der Waals surface area contributed by atoms with Gasteiger partial charge < -0.3 is 10.1 Å². The van der Waals surface area contributed by atoms with Gasteiger partial charge in [-0.3, -0.25) is 14.2 Å². The van der Waals surface area contributed by atoms with Crippen molar-refractivity contribution >= 4 is 39.2 Å². The average Bonchev–Trinajstić information content (AvgIpc) is 3.13. The molecule has 0 aliphatic heterocycles. The molecule has 3 rings (SSSR count). The Hall–Kier alpha value is -2.16. The fraction of sp³-hybridized carbons (Fsp3) is 0.278. The van der Waals surface area contributed by atoms with Crippen LogP contribution in [-0.4, -0.2) is 41.5 Å². The van der Waals surface area contributed by atoms with E-state index < -0.39 is 0 Å². The fourth-order valence-corrected chi connectivity index (χ4v) is 4.02. The summed E-state index contributed by atoms with van der Waals surface area (Å²) in [5.41, 5.74) is 1.29. The number of para-hydroxylation sites is 1. The number of thioether (sulfide) groups is 1. The van der Waals surface area contributed by atoms with Gasteiger partial charge in [-0.2, -0.15) is 0 Å². The van der Waals surface area contributed by atoms with Crippen LogP contribution in [0.5, 0.6) is 0 Å². The number of hydrogen-bond donors (Lipinski definition) is 1. The van der Waals surface area contributed by atoms with Crippen LogP contribution in [-0.2, 0) is 9.53 Å². The maximum absolute atomic E-state index is 12.9. The maximum atomic E-state index is 12.9. The molecule has 1 amide bonds. The Morgan fingerprint density at radius 2 is 2.12 bits per heavy atom. The highest BCUT2D eigenvalue weighted by Gasteiger charge is 2.15. The van der Waals surface area contributed by atoms with E-state index in [4.69, 9.17) is 4.74 Å². The summed E-state index contributed by atoms with van der Waals surface area (Å²) in [5.74, 6) is 0.104. The zero-order valence-corrected chi connectivity index (χ0v) is 15.9. The zero-order valence-electron chi connectivity index (χ0n) is 14.3. The van der Waals surface area contributed by atoms with Gasteiger partial charge in [0, 0.05) is 20.3 Å². The number of methoxy groups -OCH3 is 1. The highest BCUT2D eigenvalue weighted by molar-refractivity contribution is 7.99. The second kappa shape index (κ2) is 8.98. The second-order valence-corrected chi connectivity index (χ2v) is 7.35. The monoisotopic (exact) mass is 389 g/mol. The molecule has 6 nitrogen and oxygen atoms in total. The molecule has 2 aromatic heterocycles. The Balaban J connectivity index is 1.83. The topological polar surface area (TPSA) is 73.2 Å². The van der Waals surface area contributed by atoms with Crippen LogP contribution in [0.2, 0.25) is 0 Å². The molecular weight excluding hydrogens is 370 g/mol. The van der Waals surface area contributed by atoms with Gasteiger partial charge in [-0.25, -0.2) is 4.98 Å². The number of benzene rings is 1. The van der Waals surface area contributed by atoms with Crippen LogP contribution in [0.15, 0.2) is 51.7 Å². The molecule has 8 heteroatoms. The molecule has 3 aromatic rings. The molecule has 1 N–H and O–H groups in total. The molecule has 0 spiro atoms. The highest BCUT2D eigenvalue weighted by atomic mass is 32.2. The van der Waals surface area contributed by atoms with Crippen molar-refractivity contribution in [3.05, 3.63) is 52.1 Å². The van der Waals surface area contributed by atoms with Crippen LogP contribution in [0.4, 0.5) is 0 Å². The molecule has 0 saturated heterocycles. The summed E-state index contributed by atoms with van der Waals surface area (Å²) >= 11 is 2.63. The van der Waals surface area contributed by atoms with E-state index in [0.717, 1.165) is 12.1 Å². The molecule has 136 valence electrons. The lowest BCUT2D eigenvalue weighted by Gasteiger charge is -2.12. The third-order valence-electron chi connectivity index (χ3n) is 3.64. The molecule has 0 radical (unpaired) electrons. The van der Waals surface area contributed by atoms with Crippen LogP contribution >= 0.6 is 23.1 Å². The fourth-order valence-electron chi connectivity index (χ4n) is 2.42. The number of amides is 1. The van der Waals surface area contributed by atoms with Crippen molar-refractivity contribution < 1.29 is 9.53 Å². The van der Waals surface area contributed by atoms with Crippen LogP contribution in [0.3, 0.4) is 0 Å². The molecule has 1 aromatic carbocycles. The van der Waals surface area contributed by atoms with Crippen LogP contribution < -0.4 is 10.9 Å². The lowest BCUT2D eigenvalue weighted by molar-refractivity contribution is -0.118. The quantitative estimate of drug-likeness (QED) is 0.364. The highest BCUT2D eigenvalue weighted by Crippen LogP contribution is 2.23. The minimum Gasteiger partial charge on any atom is -0.385 e. The Bertz CT molecular complexity index is 938. The summed E-state index contributed by atoms with van der Waals surface area (Å²) in [6, 6.07) is 11.2. The number of aromatic nitrogens is 2. The molecule has 0 saturated carbocycles. The Kier molecular flexibility index (Phi) is 6.43. The lowest BCUT2D eigenvalue weighted by atomic mass is 10.3. The molecular formula is C18H19N3O3S2. The van der Waals surface area contributed by atoms with Crippen molar-refractivity contribution in [3.63, 3.8) is 0 Å². The number of thiophene rings is 1. The van der Waals surface area contributed by atoms with Crippen LogP contribution in [0, 0.1) is 0 Å². The molecule has 0 unspecified atom stereocenters. The third kappa shape index (κ3) is 4.32. The van der Waals surface area contributed by atoms with Gasteiger partial charge in [-0.15, -0.1) is 11.3 Å². The second-order valence-electron chi connectivity index (χ2n) is 5.49. The lowest BCUT2D eigenvalue weighted by Crippen LogP contribution is -2.27. The van der Waals surface area contributed by atoms with Gasteiger partial charge in [0.05, 0.1) is 17.0 Å². The summed E-state index contributed by atoms with van der Waals surface area (Å²) in [6.07, 6.45) is 0.765. The Labute approximate surface area is 159 Å². The van der Waals surface area contributed by atoms with Crippen molar-refractivity contribution in [2.75, 3.05) is 26.0 Å². The Morgan fingerprint density at radius 3 is 2.88 bits per heavy atom. The van der Waals surface area contributed by atoms with Gasteiger partial charge in [0.25, 0.3) is 5.56 Å². The smallest absolute Gasteiger partial charge is 0.276 e. The van der Waals surface area contributed by atoms with Crippen molar-refractivity contribution in [2.45, 2.75) is 11.6 Å². The summed E-state index contributed by atoms with van der Waals surface area (Å²) in [5, 5.41) is 5.21. The van der Waals surface area contributed by atoms with E-state index in [-0.39, 0.29) is 17.2 Å². The van der Waals surface area contributed by atoms with Gasteiger partial charge in [0.1, 0.15) is 4.70 Å². The molecule has 26 heavy (non-hydrogen) atoms. The molecule has 0 aliphatic carbocycles. The molecule has 0 bridgehead atoms. The number of fused-ring (bicyclic) bond motifs is 1. The van der Waals surface area contributed by atoms with E-state index in [9.17, 15) is 9.59 Å². The summed E-state index contributed by atoms with van der Waals surface area (Å²) in [4.78, 5) is 29.5. The number of nitrogens with one attached hydrogen (secondary N) is 1. The number of rotatable bonds is 8. The predicted molar refractivity (Wildman–Crippen MR) is 105 cm³/mol.